The average molecular weight is 538 g/mol. The fourth-order valence-corrected chi connectivity index (χ4v) is 5.65. The number of para-hydroxylation sites is 1. The molecule has 0 atom stereocenters. The Labute approximate surface area is 225 Å². The predicted molar refractivity (Wildman–Crippen MR) is 148 cm³/mol. The van der Waals surface area contributed by atoms with Crippen LogP contribution in [0.15, 0.2) is 59.5 Å². The van der Waals surface area contributed by atoms with Crippen LogP contribution >= 0.6 is 23.4 Å². The van der Waals surface area contributed by atoms with Crippen molar-refractivity contribution >= 4 is 46.3 Å². The minimum Gasteiger partial charge on any atom is -0.490 e. The summed E-state index contributed by atoms with van der Waals surface area (Å²) in [7, 11) is 0. The summed E-state index contributed by atoms with van der Waals surface area (Å²) in [5.41, 5.74) is 5.20. The Hall–Kier alpha value is -3.20. The number of anilines is 1. The fourth-order valence-electron chi connectivity index (χ4n) is 4.61. The quantitative estimate of drug-likeness (QED) is 0.360. The molecule has 2 aromatic carbocycles. The maximum atomic E-state index is 13.0. The summed E-state index contributed by atoms with van der Waals surface area (Å²) in [5.74, 6) is 0.217. The van der Waals surface area contributed by atoms with E-state index in [-0.39, 0.29) is 24.3 Å². The molecule has 2 amide bonds. The molecule has 2 aliphatic rings. The zero-order chi connectivity index (χ0) is 25.9. The van der Waals surface area contributed by atoms with E-state index in [0.29, 0.717) is 15.7 Å². The molecule has 3 aromatic rings. The van der Waals surface area contributed by atoms with Gasteiger partial charge in [-0.25, -0.2) is 0 Å². The topological polar surface area (TPSA) is 64.0 Å². The van der Waals surface area contributed by atoms with Crippen LogP contribution in [-0.2, 0) is 9.53 Å². The van der Waals surface area contributed by atoms with Gasteiger partial charge in [-0.05, 0) is 79.7 Å². The van der Waals surface area contributed by atoms with Gasteiger partial charge in [0.15, 0.2) is 0 Å². The van der Waals surface area contributed by atoms with Crippen LogP contribution in [0.3, 0.4) is 0 Å². The third-order valence-electron chi connectivity index (χ3n) is 6.52. The minimum absolute atomic E-state index is 0.155. The summed E-state index contributed by atoms with van der Waals surface area (Å²) in [6.07, 6.45) is 1.81. The number of aromatic nitrogens is 1. The van der Waals surface area contributed by atoms with E-state index in [1.807, 2.05) is 32.0 Å². The number of aryl methyl sites for hydroxylation is 1. The lowest BCUT2D eigenvalue weighted by Crippen LogP contribution is -2.36. The maximum Gasteiger partial charge on any atom is 0.293 e. The molecule has 0 radical (unpaired) electrons. The van der Waals surface area contributed by atoms with Crippen molar-refractivity contribution in [3.05, 3.63) is 81.5 Å². The van der Waals surface area contributed by atoms with E-state index >= 15 is 0 Å². The number of rotatable bonds is 7. The number of hydrogen-bond acceptors (Lipinski definition) is 6. The second-order valence-corrected chi connectivity index (χ2v) is 10.3. The van der Waals surface area contributed by atoms with E-state index in [1.165, 1.54) is 10.6 Å². The molecule has 0 spiro atoms. The standard InChI is InChI=1S/C28H28ClN3O4S/c1-19-17-21(20(2)32(19)23-9-7-22(8-10-23)30-11-14-35-15-12-30)18-26-27(33)31(28(34)37-26)13-16-36-25-6-4-3-5-24(25)29/h3-10,17-18H,11-16H2,1-2H3/b26-18-. The lowest BCUT2D eigenvalue weighted by Gasteiger charge is -2.29. The average Bonchev–Trinajstić information content (AvgIpc) is 3.34. The van der Waals surface area contributed by atoms with Crippen molar-refractivity contribution in [1.29, 1.82) is 0 Å². The van der Waals surface area contributed by atoms with Crippen LogP contribution in [0.4, 0.5) is 10.5 Å². The zero-order valence-electron chi connectivity index (χ0n) is 20.8. The van der Waals surface area contributed by atoms with Crippen molar-refractivity contribution in [2.45, 2.75) is 13.8 Å². The summed E-state index contributed by atoms with van der Waals surface area (Å²) in [4.78, 5) is 29.5. The number of hydrogen-bond donors (Lipinski definition) is 0. The summed E-state index contributed by atoms with van der Waals surface area (Å²) in [5, 5.41) is 0.189. The number of carbonyl (C=O) groups excluding carboxylic acids is 2. The van der Waals surface area contributed by atoms with Crippen LogP contribution in [0, 0.1) is 13.8 Å². The molecule has 5 rings (SSSR count). The smallest absolute Gasteiger partial charge is 0.293 e. The number of halogens is 1. The summed E-state index contributed by atoms with van der Waals surface area (Å²) in [6, 6.07) is 17.6. The van der Waals surface area contributed by atoms with Gasteiger partial charge in [-0.15, -0.1) is 0 Å². The fraction of sp³-hybridized carbons (Fsp3) is 0.286. The first-order valence-electron chi connectivity index (χ1n) is 12.2. The number of nitrogens with zero attached hydrogens (tertiary/aromatic N) is 3. The second kappa shape index (κ2) is 11.0. The van der Waals surface area contributed by atoms with Crippen LogP contribution in [0.2, 0.25) is 5.02 Å². The normalized spacial score (nSPS) is 17.2. The molecule has 0 aliphatic carbocycles. The molecule has 2 fully saturated rings. The van der Waals surface area contributed by atoms with Gasteiger partial charge in [0.2, 0.25) is 0 Å². The first-order valence-corrected chi connectivity index (χ1v) is 13.4. The third-order valence-corrected chi connectivity index (χ3v) is 7.74. The molecule has 192 valence electrons. The largest absolute Gasteiger partial charge is 0.490 e. The second-order valence-electron chi connectivity index (χ2n) is 8.89. The van der Waals surface area contributed by atoms with Crippen LogP contribution in [0.1, 0.15) is 17.0 Å². The highest BCUT2D eigenvalue weighted by Crippen LogP contribution is 2.34. The Morgan fingerprint density at radius 1 is 1.03 bits per heavy atom. The van der Waals surface area contributed by atoms with Crippen LogP contribution in [0.5, 0.6) is 5.75 Å². The monoisotopic (exact) mass is 537 g/mol. The molecule has 7 nitrogen and oxygen atoms in total. The third kappa shape index (κ3) is 5.42. The Morgan fingerprint density at radius 2 is 1.73 bits per heavy atom. The molecule has 2 aliphatic heterocycles. The van der Waals surface area contributed by atoms with Crippen molar-refractivity contribution in [2.75, 3.05) is 44.4 Å². The first kappa shape index (κ1) is 25.4. The highest BCUT2D eigenvalue weighted by Gasteiger charge is 2.35. The van der Waals surface area contributed by atoms with E-state index in [0.717, 1.165) is 60.7 Å². The number of ether oxygens (including phenoxy) is 2. The van der Waals surface area contributed by atoms with E-state index in [9.17, 15) is 9.59 Å². The van der Waals surface area contributed by atoms with E-state index in [2.05, 4.69) is 33.7 Å². The number of benzene rings is 2. The Morgan fingerprint density at radius 3 is 2.46 bits per heavy atom. The maximum absolute atomic E-state index is 13.0. The Balaban J connectivity index is 1.29. The van der Waals surface area contributed by atoms with Gasteiger partial charge >= 0.3 is 0 Å². The van der Waals surface area contributed by atoms with Gasteiger partial charge in [-0.3, -0.25) is 14.5 Å². The number of thioether (sulfide) groups is 1. The molecular weight excluding hydrogens is 510 g/mol. The Bertz CT molecular complexity index is 1350. The lowest BCUT2D eigenvalue weighted by molar-refractivity contribution is -0.123. The molecule has 0 saturated carbocycles. The van der Waals surface area contributed by atoms with E-state index in [4.69, 9.17) is 21.1 Å². The van der Waals surface area contributed by atoms with Crippen LogP contribution < -0.4 is 9.64 Å². The van der Waals surface area contributed by atoms with Crippen molar-refractivity contribution in [3.63, 3.8) is 0 Å². The van der Waals surface area contributed by atoms with Gasteiger partial charge < -0.3 is 18.9 Å². The molecule has 1 aromatic heterocycles. The SMILES string of the molecule is Cc1cc(/C=C2\SC(=O)N(CCOc3ccccc3Cl)C2=O)c(C)n1-c1ccc(N2CCOCC2)cc1. The predicted octanol–water partition coefficient (Wildman–Crippen LogP) is 5.70. The molecule has 3 heterocycles. The number of morpholine rings is 1. The molecule has 0 unspecified atom stereocenters. The first-order chi connectivity index (χ1) is 17.9. The van der Waals surface area contributed by atoms with Gasteiger partial charge in [0.05, 0.1) is 29.7 Å². The molecule has 9 heteroatoms. The summed E-state index contributed by atoms with van der Waals surface area (Å²) in [6.45, 7) is 7.68. The van der Waals surface area contributed by atoms with Gasteiger partial charge in [0.1, 0.15) is 12.4 Å². The summed E-state index contributed by atoms with van der Waals surface area (Å²) >= 11 is 7.07. The highest BCUT2D eigenvalue weighted by molar-refractivity contribution is 8.18. The molecule has 0 N–H and O–H groups in total. The molecule has 37 heavy (non-hydrogen) atoms. The van der Waals surface area contributed by atoms with Gasteiger partial charge in [0.25, 0.3) is 11.1 Å². The molecule has 0 bridgehead atoms. The highest BCUT2D eigenvalue weighted by atomic mass is 35.5. The molecular formula is C28H28ClN3O4S. The van der Waals surface area contributed by atoms with Crippen LogP contribution in [-0.4, -0.2) is 60.1 Å². The van der Waals surface area contributed by atoms with Crippen molar-refractivity contribution < 1.29 is 19.1 Å². The van der Waals surface area contributed by atoms with Crippen molar-refractivity contribution in [2.24, 2.45) is 0 Å². The van der Waals surface area contributed by atoms with E-state index < -0.39 is 0 Å². The van der Waals surface area contributed by atoms with Crippen molar-refractivity contribution in [1.82, 2.24) is 9.47 Å². The van der Waals surface area contributed by atoms with Gasteiger partial charge in [-0.1, -0.05) is 23.7 Å². The van der Waals surface area contributed by atoms with Crippen molar-refractivity contribution in [3.8, 4) is 11.4 Å². The number of amides is 2. The van der Waals surface area contributed by atoms with Gasteiger partial charge in [-0.2, -0.15) is 0 Å². The zero-order valence-corrected chi connectivity index (χ0v) is 22.3. The number of carbonyl (C=O) groups is 2. The molecule has 2 saturated heterocycles. The van der Waals surface area contributed by atoms with Gasteiger partial charge in [0, 0.05) is 35.9 Å². The van der Waals surface area contributed by atoms with Crippen LogP contribution in [0.25, 0.3) is 11.8 Å². The lowest BCUT2D eigenvalue weighted by atomic mass is 10.2. The minimum atomic E-state index is -0.308. The van der Waals surface area contributed by atoms with E-state index in [1.54, 1.807) is 18.2 Å². The Kier molecular flexibility index (Phi) is 7.60. The summed E-state index contributed by atoms with van der Waals surface area (Å²) < 4.78 is 13.3. The number of imide groups is 1.